The van der Waals surface area contributed by atoms with E-state index in [1.165, 1.54) is 0 Å². The van der Waals surface area contributed by atoms with E-state index in [-0.39, 0.29) is 12.5 Å². The summed E-state index contributed by atoms with van der Waals surface area (Å²) in [5, 5.41) is 21.8. The lowest BCUT2D eigenvalue weighted by atomic mass is 9.79. The molecule has 3 N–H and O–H groups in total. The Morgan fingerprint density at radius 2 is 1.70 bits per heavy atom. The lowest BCUT2D eigenvalue weighted by Gasteiger charge is -2.38. The van der Waals surface area contributed by atoms with Gasteiger partial charge in [0.15, 0.2) is 0 Å². The summed E-state index contributed by atoms with van der Waals surface area (Å²) in [4.78, 5) is 23.7. The summed E-state index contributed by atoms with van der Waals surface area (Å²) in [5.74, 6) is -2.32. The lowest BCUT2D eigenvalue weighted by Crippen LogP contribution is -2.55. The molecular formula is C15H23NO4. The smallest absolute Gasteiger partial charge is 0.307 e. The van der Waals surface area contributed by atoms with Crippen LogP contribution in [0.3, 0.4) is 0 Å². The molecule has 2 unspecified atom stereocenters. The summed E-state index contributed by atoms with van der Waals surface area (Å²) in [6.45, 7) is -0.0704. The first-order valence-corrected chi connectivity index (χ1v) is 7.39. The summed E-state index contributed by atoms with van der Waals surface area (Å²) >= 11 is 0. The van der Waals surface area contributed by atoms with E-state index >= 15 is 0 Å². The van der Waals surface area contributed by atoms with Crippen LogP contribution in [-0.2, 0) is 9.59 Å². The second-order valence-electron chi connectivity index (χ2n) is 5.98. The van der Waals surface area contributed by atoms with E-state index in [4.69, 9.17) is 0 Å². The van der Waals surface area contributed by atoms with Crippen LogP contribution in [0.1, 0.15) is 44.9 Å². The Balaban J connectivity index is 2.05. The highest BCUT2D eigenvalue weighted by Crippen LogP contribution is 2.31. The monoisotopic (exact) mass is 281 g/mol. The van der Waals surface area contributed by atoms with Gasteiger partial charge in [-0.05, 0) is 25.7 Å². The van der Waals surface area contributed by atoms with Crippen molar-refractivity contribution in [1.29, 1.82) is 0 Å². The highest BCUT2D eigenvalue weighted by Gasteiger charge is 2.39. The third-order valence-corrected chi connectivity index (χ3v) is 4.59. The van der Waals surface area contributed by atoms with Crippen LogP contribution in [0.15, 0.2) is 12.2 Å². The Labute approximate surface area is 119 Å². The van der Waals surface area contributed by atoms with Gasteiger partial charge in [0, 0.05) is 0 Å². The molecule has 0 saturated heterocycles. The molecule has 2 rings (SSSR count). The minimum Gasteiger partial charge on any atom is -0.481 e. The molecular weight excluding hydrogens is 258 g/mol. The molecule has 112 valence electrons. The maximum absolute atomic E-state index is 12.4. The minimum absolute atomic E-state index is 0.0704. The number of aliphatic hydroxyl groups excluding tert-OH is 1. The maximum Gasteiger partial charge on any atom is 0.307 e. The van der Waals surface area contributed by atoms with Crippen LogP contribution in [0.2, 0.25) is 0 Å². The third kappa shape index (κ3) is 3.20. The van der Waals surface area contributed by atoms with Gasteiger partial charge in [-0.3, -0.25) is 9.59 Å². The Morgan fingerprint density at radius 1 is 1.10 bits per heavy atom. The zero-order valence-corrected chi connectivity index (χ0v) is 11.7. The third-order valence-electron chi connectivity index (χ3n) is 4.59. The van der Waals surface area contributed by atoms with Gasteiger partial charge in [-0.15, -0.1) is 0 Å². The Bertz CT molecular complexity index is 399. The molecule has 5 heteroatoms. The maximum atomic E-state index is 12.4. The van der Waals surface area contributed by atoms with Crippen LogP contribution in [0.4, 0.5) is 0 Å². The fourth-order valence-electron chi connectivity index (χ4n) is 3.28. The van der Waals surface area contributed by atoms with Crippen molar-refractivity contribution in [2.75, 3.05) is 6.61 Å². The quantitative estimate of drug-likeness (QED) is 0.681. The molecule has 2 atom stereocenters. The Hall–Kier alpha value is -1.36. The van der Waals surface area contributed by atoms with Gasteiger partial charge in [-0.1, -0.05) is 31.4 Å². The number of carboxylic acid groups (broad SMARTS) is 1. The molecule has 0 aromatic rings. The number of rotatable bonds is 4. The fraction of sp³-hybridized carbons (Fsp3) is 0.733. The molecule has 1 fully saturated rings. The summed E-state index contributed by atoms with van der Waals surface area (Å²) in [6.07, 6.45) is 9.22. The van der Waals surface area contributed by atoms with Crippen LogP contribution < -0.4 is 5.32 Å². The second kappa shape index (κ2) is 6.39. The van der Waals surface area contributed by atoms with Gasteiger partial charge >= 0.3 is 5.97 Å². The number of carbonyl (C=O) groups is 2. The molecule has 0 radical (unpaired) electrons. The SMILES string of the molecule is O=C(O)C1CC=CCC1C(=O)NC1(CO)CCCCC1. The molecule has 0 spiro atoms. The van der Waals surface area contributed by atoms with Crippen LogP contribution >= 0.6 is 0 Å². The number of carboxylic acids is 1. The average molecular weight is 281 g/mol. The van der Waals surface area contributed by atoms with Gasteiger partial charge in [0.05, 0.1) is 24.0 Å². The first-order chi connectivity index (χ1) is 9.58. The fourth-order valence-corrected chi connectivity index (χ4v) is 3.28. The van der Waals surface area contributed by atoms with Gasteiger partial charge in [-0.2, -0.15) is 0 Å². The van der Waals surface area contributed by atoms with Gasteiger partial charge in [0.25, 0.3) is 0 Å². The van der Waals surface area contributed by atoms with Crippen molar-refractivity contribution in [1.82, 2.24) is 5.32 Å². The van der Waals surface area contributed by atoms with Crippen LogP contribution in [0.25, 0.3) is 0 Å². The molecule has 1 saturated carbocycles. The number of nitrogens with one attached hydrogen (secondary N) is 1. The van der Waals surface area contributed by atoms with Gasteiger partial charge in [-0.25, -0.2) is 0 Å². The molecule has 0 aromatic heterocycles. The standard InChI is InChI=1S/C15H23NO4/c17-10-15(8-4-1-5-9-15)16-13(18)11-6-2-3-7-12(11)14(19)20/h2-3,11-12,17H,1,4-10H2,(H,16,18)(H,19,20). The molecule has 2 aliphatic carbocycles. The van der Waals surface area contributed by atoms with Gasteiger partial charge in [0.1, 0.15) is 0 Å². The second-order valence-corrected chi connectivity index (χ2v) is 5.98. The van der Waals surface area contributed by atoms with E-state index in [0.717, 1.165) is 32.1 Å². The predicted octanol–water partition coefficient (Wildman–Crippen LogP) is 1.46. The van der Waals surface area contributed by atoms with Crippen molar-refractivity contribution >= 4 is 11.9 Å². The normalized spacial score (nSPS) is 28.9. The molecule has 2 aliphatic rings. The number of hydrogen-bond acceptors (Lipinski definition) is 3. The zero-order chi connectivity index (χ0) is 14.6. The number of allylic oxidation sites excluding steroid dienone is 2. The molecule has 0 heterocycles. The van der Waals surface area contributed by atoms with Crippen molar-refractivity contribution in [3.63, 3.8) is 0 Å². The molecule has 0 aromatic carbocycles. The largest absolute Gasteiger partial charge is 0.481 e. The van der Waals surface area contributed by atoms with Crippen LogP contribution in [0, 0.1) is 11.8 Å². The number of aliphatic carboxylic acids is 1. The van der Waals surface area contributed by atoms with Crippen molar-refractivity contribution in [3.8, 4) is 0 Å². The Morgan fingerprint density at radius 3 is 2.25 bits per heavy atom. The summed E-state index contributed by atoms with van der Waals surface area (Å²) in [7, 11) is 0. The van der Waals surface area contributed by atoms with E-state index in [1.807, 2.05) is 12.2 Å². The lowest BCUT2D eigenvalue weighted by molar-refractivity contribution is -0.148. The van der Waals surface area contributed by atoms with Gasteiger partial charge < -0.3 is 15.5 Å². The average Bonchev–Trinajstić information content (AvgIpc) is 2.48. The number of carbonyl (C=O) groups excluding carboxylic acids is 1. The van der Waals surface area contributed by atoms with Crippen molar-refractivity contribution < 1.29 is 19.8 Å². The van der Waals surface area contributed by atoms with Crippen molar-refractivity contribution in [2.24, 2.45) is 11.8 Å². The van der Waals surface area contributed by atoms with Gasteiger partial charge in [0.2, 0.25) is 5.91 Å². The first kappa shape index (κ1) is 15.0. The van der Waals surface area contributed by atoms with Crippen molar-refractivity contribution in [2.45, 2.75) is 50.5 Å². The van der Waals surface area contributed by atoms with E-state index in [1.54, 1.807) is 0 Å². The molecule has 0 aliphatic heterocycles. The predicted molar refractivity (Wildman–Crippen MR) is 74.0 cm³/mol. The van der Waals surface area contributed by atoms with E-state index < -0.39 is 23.3 Å². The van der Waals surface area contributed by atoms with Crippen LogP contribution in [-0.4, -0.2) is 34.2 Å². The van der Waals surface area contributed by atoms with Crippen molar-refractivity contribution in [3.05, 3.63) is 12.2 Å². The minimum atomic E-state index is -0.920. The number of aliphatic hydroxyl groups is 1. The molecule has 0 bridgehead atoms. The van der Waals surface area contributed by atoms with Crippen LogP contribution in [0.5, 0.6) is 0 Å². The molecule has 1 amide bonds. The summed E-state index contributed by atoms with van der Waals surface area (Å²) < 4.78 is 0. The molecule has 20 heavy (non-hydrogen) atoms. The highest BCUT2D eigenvalue weighted by molar-refractivity contribution is 5.85. The number of amides is 1. The topological polar surface area (TPSA) is 86.6 Å². The summed E-state index contributed by atoms with van der Waals surface area (Å²) in [5.41, 5.74) is -0.542. The Kier molecular flexibility index (Phi) is 4.81. The van der Waals surface area contributed by atoms with E-state index in [0.29, 0.717) is 12.8 Å². The van der Waals surface area contributed by atoms with E-state index in [9.17, 15) is 19.8 Å². The zero-order valence-electron chi connectivity index (χ0n) is 11.7. The molecule has 5 nitrogen and oxygen atoms in total. The van der Waals surface area contributed by atoms with E-state index in [2.05, 4.69) is 5.32 Å². The summed E-state index contributed by atoms with van der Waals surface area (Å²) in [6, 6.07) is 0. The first-order valence-electron chi connectivity index (χ1n) is 7.39. The highest BCUT2D eigenvalue weighted by atomic mass is 16.4. The number of hydrogen-bond donors (Lipinski definition) is 3.